The van der Waals surface area contributed by atoms with Crippen molar-refractivity contribution in [2.75, 3.05) is 6.79 Å². The number of benzene rings is 2. The first kappa shape index (κ1) is 23.8. The Hall–Kier alpha value is -2.48. The number of carbonyl (C=O) groups excluding carboxylic acids is 2. The minimum absolute atomic E-state index is 0.0214. The van der Waals surface area contributed by atoms with Crippen LogP contribution in [0.5, 0.6) is 0 Å². The van der Waals surface area contributed by atoms with Crippen molar-refractivity contribution >= 4 is 23.5 Å². The van der Waals surface area contributed by atoms with Gasteiger partial charge in [0, 0.05) is 23.0 Å². The van der Waals surface area contributed by atoms with Crippen molar-refractivity contribution in [3.63, 3.8) is 0 Å². The van der Waals surface area contributed by atoms with Crippen molar-refractivity contribution in [3.05, 3.63) is 58.9 Å². The highest BCUT2D eigenvalue weighted by atomic mass is 35.5. The number of carbonyl (C=O) groups is 2. The second kappa shape index (κ2) is 11.6. The molecule has 0 saturated heterocycles. The van der Waals surface area contributed by atoms with Gasteiger partial charge in [-0.05, 0) is 48.6 Å². The minimum atomic E-state index is -1.43. The highest BCUT2D eigenvalue weighted by molar-refractivity contribution is 6.30. The molecule has 0 aliphatic heterocycles. The molecule has 1 unspecified atom stereocenters. The van der Waals surface area contributed by atoms with Crippen LogP contribution in [0.2, 0.25) is 5.02 Å². The summed E-state index contributed by atoms with van der Waals surface area (Å²) in [6.45, 7) is 1.28. The molecule has 2 aromatic rings. The SMILES string of the molecule is CCCC(=O)OCOC(=O)C(O)C[C@H](N)Cc1ccc(-c2cc(Cl)ccc2F)cc1. The van der Waals surface area contributed by atoms with Crippen LogP contribution in [0.3, 0.4) is 0 Å². The number of halogens is 2. The Morgan fingerprint density at radius 3 is 2.53 bits per heavy atom. The molecule has 0 spiro atoms. The van der Waals surface area contributed by atoms with E-state index < -0.39 is 30.9 Å². The lowest BCUT2D eigenvalue weighted by molar-refractivity contribution is -0.173. The molecule has 0 amide bonds. The van der Waals surface area contributed by atoms with Gasteiger partial charge in [-0.2, -0.15) is 0 Å². The number of aliphatic hydroxyl groups is 1. The molecule has 0 heterocycles. The van der Waals surface area contributed by atoms with Crippen molar-refractivity contribution in [2.24, 2.45) is 5.73 Å². The third-order valence-electron chi connectivity index (χ3n) is 4.36. The number of hydrogen-bond acceptors (Lipinski definition) is 6. The smallest absolute Gasteiger partial charge is 0.337 e. The van der Waals surface area contributed by atoms with Crippen molar-refractivity contribution in [3.8, 4) is 11.1 Å². The lowest BCUT2D eigenvalue weighted by Gasteiger charge is -2.16. The number of ether oxygens (including phenoxy) is 2. The molecule has 0 bridgehead atoms. The van der Waals surface area contributed by atoms with E-state index in [1.807, 2.05) is 6.92 Å². The van der Waals surface area contributed by atoms with Crippen molar-refractivity contribution in [1.29, 1.82) is 0 Å². The van der Waals surface area contributed by atoms with Crippen molar-refractivity contribution in [1.82, 2.24) is 0 Å². The third-order valence-corrected chi connectivity index (χ3v) is 4.60. The second-order valence-electron chi connectivity index (χ2n) is 6.88. The molecule has 0 aliphatic carbocycles. The predicted octanol–water partition coefficient (Wildman–Crippen LogP) is 3.61. The van der Waals surface area contributed by atoms with E-state index in [2.05, 4.69) is 0 Å². The fraction of sp³-hybridized carbons (Fsp3) is 0.364. The Morgan fingerprint density at radius 1 is 1.17 bits per heavy atom. The van der Waals surface area contributed by atoms with Crippen LogP contribution in [-0.2, 0) is 25.5 Å². The zero-order valence-electron chi connectivity index (χ0n) is 16.6. The average Bonchev–Trinajstić information content (AvgIpc) is 2.70. The van der Waals surface area contributed by atoms with Crippen LogP contribution in [0, 0.1) is 5.82 Å². The van der Waals surface area contributed by atoms with Crippen molar-refractivity contribution < 1.29 is 28.6 Å². The molecule has 2 rings (SSSR count). The van der Waals surface area contributed by atoms with E-state index in [1.54, 1.807) is 30.3 Å². The van der Waals surface area contributed by atoms with Crippen LogP contribution in [0.15, 0.2) is 42.5 Å². The van der Waals surface area contributed by atoms with Gasteiger partial charge >= 0.3 is 11.9 Å². The van der Waals surface area contributed by atoms with Gasteiger partial charge in [0.1, 0.15) is 5.82 Å². The molecule has 2 aromatic carbocycles. The summed E-state index contributed by atoms with van der Waals surface area (Å²) in [5.41, 5.74) is 7.96. The number of hydrogen-bond donors (Lipinski definition) is 2. The van der Waals surface area contributed by atoms with E-state index in [0.29, 0.717) is 29.0 Å². The zero-order valence-corrected chi connectivity index (χ0v) is 17.4. The average molecular weight is 438 g/mol. The highest BCUT2D eigenvalue weighted by Gasteiger charge is 2.21. The van der Waals surface area contributed by atoms with Gasteiger partial charge in [0.15, 0.2) is 6.10 Å². The lowest BCUT2D eigenvalue weighted by atomic mass is 9.98. The van der Waals surface area contributed by atoms with E-state index in [1.165, 1.54) is 12.1 Å². The fourth-order valence-electron chi connectivity index (χ4n) is 2.83. The van der Waals surface area contributed by atoms with Gasteiger partial charge < -0.3 is 20.3 Å². The van der Waals surface area contributed by atoms with E-state index in [0.717, 1.165) is 5.56 Å². The predicted molar refractivity (Wildman–Crippen MR) is 111 cm³/mol. The Bertz CT molecular complexity index is 859. The largest absolute Gasteiger partial charge is 0.428 e. The number of esters is 2. The summed E-state index contributed by atoms with van der Waals surface area (Å²) < 4.78 is 23.4. The molecule has 0 fully saturated rings. The zero-order chi connectivity index (χ0) is 22.1. The Morgan fingerprint density at radius 2 is 1.87 bits per heavy atom. The van der Waals surface area contributed by atoms with Crippen LogP contribution in [-0.4, -0.2) is 36.0 Å². The molecule has 0 aliphatic rings. The first-order valence-electron chi connectivity index (χ1n) is 9.60. The molecular weight excluding hydrogens is 413 g/mol. The first-order chi connectivity index (χ1) is 14.3. The van der Waals surface area contributed by atoms with Crippen LogP contribution >= 0.6 is 11.6 Å². The first-order valence-corrected chi connectivity index (χ1v) is 9.98. The Labute approximate surface area is 179 Å². The third kappa shape index (κ3) is 7.40. The topological polar surface area (TPSA) is 98.8 Å². The van der Waals surface area contributed by atoms with Gasteiger partial charge in [0.25, 0.3) is 0 Å². The summed E-state index contributed by atoms with van der Waals surface area (Å²) in [5.74, 6) is -1.75. The molecule has 2 atom stereocenters. The number of aliphatic hydroxyl groups excluding tert-OH is 1. The number of rotatable bonds is 10. The molecule has 6 nitrogen and oxygen atoms in total. The van der Waals surface area contributed by atoms with E-state index in [-0.39, 0.29) is 18.7 Å². The highest BCUT2D eigenvalue weighted by Crippen LogP contribution is 2.26. The summed E-state index contributed by atoms with van der Waals surface area (Å²) in [7, 11) is 0. The summed E-state index contributed by atoms with van der Waals surface area (Å²) in [6.07, 6.45) is -0.196. The Kier molecular flexibility index (Phi) is 9.23. The van der Waals surface area contributed by atoms with Crippen LogP contribution in [0.4, 0.5) is 4.39 Å². The van der Waals surface area contributed by atoms with Gasteiger partial charge in [-0.1, -0.05) is 42.8 Å². The molecule has 0 aromatic heterocycles. The van der Waals surface area contributed by atoms with Gasteiger partial charge in [-0.3, -0.25) is 4.79 Å². The molecule has 0 radical (unpaired) electrons. The second-order valence-corrected chi connectivity index (χ2v) is 7.32. The standard InChI is InChI=1S/C22H25ClFNO5/c1-2-3-21(27)29-13-30-22(28)20(26)12-17(25)10-14-4-6-15(7-5-14)18-11-16(23)8-9-19(18)24/h4-9,11,17,20,26H,2-3,10,12-13,25H2,1H3/t17-,20?/m1/s1. The normalized spacial score (nSPS) is 12.8. The fourth-order valence-corrected chi connectivity index (χ4v) is 3.01. The molecule has 162 valence electrons. The van der Waals surface area contributed by atoms with Gasteiger partial charge in [-0.25, -0.2) is 9.18 Å². The maximum Gasteiger partial charge on any atom is 0.337 e. The van der Waals surface area contributed by atoms with Gasteiger partial charge in [-0.15, -0.1) is 0 Å². The van der Waals surface area contributed by atoms with Crippen LogP contribution in [0.1, 0.15) is 31.7 Å². The van der Waals surface area contributed by atoms with E-state index in [9.17, 15) is 19.1 Å². The van der Waals surface area contributed by atoms with E-state index >= 15 is 0 Å². The van der Waals surface area contributed by atoms with E-state index in [4.69, 9.17) is 26.8 Å². The summed E-state index contributed by atoms with van der Waals surface area (Å²) in [5, 5.41) is 10.4. The maximum atomic E-state index is 14.0. The molecule has 0 saturated carbocycles. The molecule has 30 heavy (non-hydrogen) atoms. The quantitative estimate of drug-likeness (QED) is 0.435. The minimum Gasteiger partial charge on any atom is -0.428 e. The summed E-state index contributed by atoms with van der Waals surface area (Å²) >= 11 is 5.93. The maximum absolute atomic E-state index is 14.0. The van der Waals surface area contributed by atoms with Gasteiger partial charge in [0.2, 0.25) is 6.79 Å². The Balaban J connectivity index is 1.84. The monoisotopic (exact) mass is 437 g/mol. The van der Waals surface area contributed by atoms with Crippen LogP contribution in [0.25, 0.3) is 11.1 Å². The summed E-state index contributed by atoms with van der Waals surface area (Å²) in [4.78, 5) is 23.0. The van der Waals surface area contributed by atoms with Crippen molar-refractivity contribution in [2.45, 2.75) is 44.8 Å². The number of nitrogens with two attached hydrogens (primary N) is 1. The lowest BCUT2D eigenvalue weighted by Crippen LogP contribution is -2.34. The molecule has 3 N–H and O–H groups in total. The molecular formula is C22H25ClFNO5. The molecule has 8 heteroatoms. The van der Waals surface area contributed by atoms with Gasteiger partial charge in [0.05, 0.1) is 0 Å². The van der Waals surface area contributed by atoms with Crippen LogP contribution < -0.4 is 5.73 Å². The summed E-state index contributed by atoms with van der Waals surface area (Å²) in [6, 6.07) is 11.0.